The molecule has 0 aromatic rings. The number of hydrogen-bond donors (Lipinski definition) is 0. The van der Waals surface area contributed by atoms with Gasteiger partial charge >= 0.3 is 0 Å². The largest absolute Gasteiger partial charge is 0.123 e. The minimum Gasteiger partial charge on any atom is -0.123 e. The third kappa shape index (κ3) is 4.43. The van der Waals surface area contributed by atoms with Crippen LogP contribution in [0.25, 0.3) is 0 Å². The number of hydrogen-bond acceptors (Lipinski definition) is 0. The molecule has 0 saturated heterocycles. The van der Waals surface area contributed by atoms with Crippen LogP contribution in [0.15, 0.2) is 11.6 Å². The Kier molecular flexibility index (Phi) is 8.13. The van der Waals surface area contributed by atoms with Gasteiger partial charge in [-0.3, -0.25) is 0 Å². The molecule has 4 aliphatic rings. The van der Waals surface area contributed by atoms with Crippen LogP contribution in [0.2, 0.25) is 0 Å². The highest BCUT2D eigenvalue weighted by molar-refractivity contribution is 6.20. The summed E-state index contributed by atoms with van der Waals surface area (Å²) in [4.78, 5) is 0. The Bertz CT molecular complexity index is 591. The summed E-state index contributed by atoms with van der Waals surface area (Å²) in [5.74, 6) is 5.62. The summed E-state index contributed by atoms with van der Waals surface area (Å²) in [6.07, 6.45) is 18.0. The molecule has 0 aliphatic heterocycles. The fourth-order valence-corrected chi connectivity index (χ4v) is 8.92. The molecular formula is C29H51Cl. The lowest BCUT2D eigenvalue weighted by atomic mass is 9.47. The third-order valence-electron chi connectivity index (χ3n) is 10.2. The molecule has 4 rings (SSSR count). The molecule has 0 heterocycles. The molecule has 0 spiro atoms. The zero-order chi connectivity index (χ0) is 22.1. The van der Waals surface area contributed by atoms with Crippen LogP contribution in [-0.2, 0) is 0 Å². The zero-order valence-corrected chi connectivity index (χ0v) is 22.0. The first-order valence-corrected chi connectivity index (χ1v) is 14.0. The van der Waals surface area contributed by atoms with Crippen LogP contribution < -0.4 is 0 Å². The summed E-state index contributed by atoms with van der Waals surface area (Å²) < 4.78 is 0. The quantitative estimate of drug-likeness (QED) is 0.298. The molecule has 3 fully saturated rings. The SMILES string of the molecule is CC.CC(C)CCC[C@@H](C)C1CCC2C3CC=C4CC(Cl)CCC4(C)C3CCC21C. The second-order valence-electron chi connectivity index (χ2n) is 12.1. The number of allylic oxidation sites excluding steroid dienone is 2. The lowest BCUT2D eigenvalue weighted by Gasteiger charge is -2.58. The van der Waals surface area contributed by atoms with Gasteiger partial charge in [0, 0.05) is 5.38 Å². The molecule has 4 aliphatic carbocycles. The average molecular weight is 435 g/mol. The lowest BCUT2D eigenvalue weighted by molar-refractivity contribution is -0.0498. The molecule has 0 bridgehead atoms. The Morgan fingerprint density at radius 3 is 2.40 bits per heavy atom. The van der Waals surface area contributed by atoms with Gasteiger partial charge in [-0.05, 0) is 97.7 Å². The summed E-state index contributed by atoms with van der Waals surface area (Å²) in [5, 5.41) is 0.396. The van der Waals surface area contributed by atoms with Crippen LogP contribution >= 0.6 is 11.6 Å². The van der Waals surface area contributed by atoms with Crippen molar-refractivity contribution in [1.29, 1.82) is 0 Å². The topological polar surface area (TPSA) is 0 Å². The van der Waals surface area contributed by atoms with E-state index in [0.717, 1.165) is 35.5 Å². The van der Waals surface area contributed by atoms with Crippen molar-refractivity contribution < 1.29 is 0 Å². The van der Waals surface area contributed by atoms with Crippen LogP contribution in [0.5, 0.6) is 0 Å². The van der Waals surface area contributed by atoms with E-state index in [1.807, 2.05) is 13.8 Å². The highest BCUT2D eigenvalue weighted by Crippen LogP contribution is 2.67. The molecule has 8 atom stereocenters. The Hall–Kier alpha value is 0.0300. The fraction of sp³-hybridized carbons (Fsp3) is 0.931. The molecule has 7 unspecified atom stereocenters. The Balaban J connectivity index is 0.00000124. The standard InChI is InChI=1S/C27H45Cl.C2H6/c1-18(2)7-6-8-19(3)23-11-12-24-22-10-9-20-17-21(28)13-15-26(20,4)25(22)14-16-27(23,24)5;1-2/h9,18-19,21-25H,6-8,10-17H2,1-5H3;1-2H3/t19-,21?,22?,23?,24?,25?,26?,27?;/m1./s1. The van der Waals surface area contributed by atoms with E-state index in [1.54, 1.807) is 5.57 Å². The predicted octanol–water partition coefficient (Wildman–Crippen LogP) is 9.66. The van der Waals surface area contributed by atoms with Crippen molar-refractivity contribution in [1.82, 2.24) is 0 Å². The van der Waals surface area contributed by atoms with E-state index in [-0.39, 0.29) is 0 Å². The number of halogens is 1. The molecule has 174 valence electrons. The minimum atomic E-state index is 0.396. The van der Waals surface area contributed by atoms with Gasteiger partial charge in [-0.25, -0.2) is 0 Å². The van der Waals surface area contributed by atoms with Crippen molar-refractivity contribution in [2.24, 2.45) is 46.3 Å². The second kappa shape index (κ2) is 9.89. The molecule has 0 amide bonds. The highest BCUT2D eigenvalue weighted by Gasteiger charge is 2.58. The minimum absolute atomic E-state index is 0.396. The summed E-state index contributed by atoms with van der Waals surface area (Å²) in [6, 6.07) is 0. The number of rotatable bonds is 5. The van der Waals surface area contributed by atoms with E-state index in [0.29, 0.717) is 16.2 Å². The predicted molar refractivity (Wildman–Crippen MR) is 134 cm³/mol. The number of alkyl halides is 1. The summed E-state index contributed by atoms with van der Waals surface area (Å²) in [7, 11) is 0. The van der Waals surface area contributed by atoms with Gasteiger partial charge in [-0.2, -0.15) is 0 Å². The second-order valence-corrected chi connectivity index (χ2v) is 12.7. The van der Waals surface area contributed by atoms with Crippen molar-refractivity contribution in [2.45, 2.75) is 124 Å². The van der Waals surface area contributed by atoms with Gasteiger partial charge in [0.1, 0.15) is 0 Å². The van der Waals surface area contributed by atoms with Gasteiger partial charge in [-0.15, -0.1) is 11.6 Å². The molecule has 3 saturated carbocycles. The smallest absolute Gasteiger partial charge is 0.0373 e. The summed E-state index contributed by atoms with van der Waals surface area (Å²) >= 11 is 6.56. The Morgan fingerprint density at radius 1 is 0.967 bits per heavy atom. The van der Waals surface area contributed by atoms with E-state index in [4.69, 9.17) is 11.6 Å². The van der Waals surface area contributed by atoms with E-state index < -0.39 is 0 Å². The Morgan fingerprint density at radius 2 is 1.70 bits per heavy atom. The monoisotopic (exact) mass is 434 g/mol. The first-order chi connectivity index (χ1) is 14.3. The van der Waals surface area contributed by atoms with Crippen molar-refractivity contribution in [3.63, 3.8) is 0 Å². The molecule has 0 N–H and O–H groups in total. The van der Waals surface area contributed by atoms with Crippen molar-refractivity contribution >= 4 is 11.6 Å². The van der Waals surface area contributed by atoms with Crippen molar-refractivity contribution in [2.75, 3.05) is 0 Å². The van der Waals surface area contributed by atoms with Gasteiger partial charge in [0.05, 0.1) is 0 Å². The molecule has 1 heteroatoms. The van der Waals surface area contributed by atoms with Crippen molar-refractivity contribution in [3.8, 4) is 0 Å². The zero-order valence-electron chi connectivity index (χ0n) is 21.3. The van der Waals surface area contributed by atoms with Gasteiger partial charge in [-0.1, -0.05) is 79.4 Å². The normalized spacial score (nSPS) is 43.6. The van der Waals surface area contributed by atoms with Gasteiger partial charge in [0.2, 0.25) is 0 Å². The van der Waals surface area contributed by atoms with Gasteiger partial charge in [0.25, 0.3) is 0 Å². The van der Waals surface area contributed by atoms with Crippen LogP contribution in [0, 0.1) is 46.3 Å². The van der Waals surface area contributed by atoms with E-state index in [2.05, 4.69) is 40.7 Å². The van der Waals surface area contributed by atoms with E-state index in [9.17, 15) is 0 Å². The first-order valence-electron chi connectivity index (χ1n) is 13.6. The third-order valence-corrected chi connectivity index (χ3v) is 10.6. The van der Waals surface area contributed by atoms with Crippen molar-refractivity contribution in [3.05, 3.63) is 11.6 Å². The van der Waals surface area contributed by atoms with Gasteiger partial charge in [0.15, 0.2) is 0 Å². The molecule has 0 radical (unpaired) electrons. The molecule has 0 aromatic carbocycles. The molecular weight excluding hydrogens is 384 g/mol. The van der Waals surface area contributed by atoms with Gasteiger partial charge < -0.3 is 0 Å². The van der Waals surface area contributed by atoms with E-state index in [1.165, 1.54) is 70.6 Å². The Labute approximate surface area is 194 Å². The molecule has 0 nitrogen and oxygen atoms in total. The lowest BCUT2D eigenvalue weighted by Crippen LogP contribution is -2.50. The van der Waals surface area contributed by atoms with E-state index >= 15 is 0 Å². The average Bonchev–Trinajstić information content (AvgIpc) is 3.07. The van der Waals surface area contributed by atoms with Crippen LogP contribution in [0.3, 0.4) is 0 Å². The van der Waals surface area contributed by atoms with Crippen LogP contribution in [0.1, 0.15) is 119 Å². The maximum absolute atomic E-state index is 6.56. The number of fused-ring (bicyclic) bond motifs is 5. The van der Waals surface area contributed by atoms with Crippen LogP contribution in [-0.4, -0.2) is 5.38 Å². The summed E-state index contributed by atoms with van der Waals surface area (Å²) in [5.41, 5.74) is 2.82. The fourth-order valence-electron chi connectivity index (χ4n) is 8.64. The molecule has 0 aromatic heterocycles. The summed E-state index contributed by atoms with van der Waals surface area (Å²) in [6.45, 7) is 16.7. The maximum Gasteiger partial charge on any atom is 0.0373 e. The maximum atomic E-state index is 6.56. The van der Waals surface area contributed by atoms with Crippen LogP contribution in [0.4, 0.5) is 0 Å². The first kappa shape index (κ1) is 24.7. The highest BCUT2D eigenvalue weighted by atomic mass is 35.5. The molecule has 30 heavy (non-hydrogen) atoms.